The molecule has 0 bridgehead atoms. The average molecular weight is 351 g/mol. The van der Waals surface area contributed by atoms with Crippen molar-refractivity contribution >= 4 is 33.4 Å². The van der Waals surface area contributed by atoms with Crippen molar-refractivity contribution in [2.75, 3.05) is 11.9 Å². The molecule has 0 aromatic heterocycles. The minimum Gasteiger partial charge on any atom is -0.339 e. The largest absolute Gasteiger partial charge is 0.339 e. The number of halogens is 1. The van der Waals surface area contributed by atoms with Crippen LogP contribution in [0.3, 0.4) is 0 Å². The quantitative estimate of drug-likeness (QED) is 0.909. The van der Waals surface area contributed by atoms with Crippen LogP contribution in [0.25, 0.3) is 0 Å². The zero-order valence-corrected chi connectivity index (χ0v) is 13.4. The van der Waals surface area contributed by atoms with E-state index in [2.05, 4.69) is 21.2 Å². The first kappa shape index (κ1) is 14.6. The number of para-hydroxylation sites is 1. The molecule has 112 valence electrons. The molecule has 0 spiro atoms. The van der Waals surface area contributed by atoms with Crippen molar-refractivity contribution in [3.05, 3.63) is 28.7 Å². The number of hydrogen-bond donors (Lipinski definition) is 1. The van der Waals surface area contributed by atoms with Gasteiger partial charge in [0.25, 0.3) is 0 Å². The zero-order chi connectivity index (χ0) is 14.8. The Morgan fingerprint density at radius 2 is 1.95 bits per heavy atom. The second-order valence-electron chi connectivity index (χ2n) is 5.85. The first-order chi connectivity index (χ1) is 10.1. The lowest BCUT2D eigenvalue weighted by Crippen LogP contribution is -2.35. The summed E-state index contributed by atoms with van der Waals surface area (Å²) in [5.41, 5.74) is 0.759. The molecule has 2 fully saturated rings. The van der Waals surface area contributed by atoms with Gasteiger partial charge in [0, 0.05) is 23.5 Å². The van der Waals surface area contributed by atoms with Gasteiger partial charge in [0.1, 0.15) is 0 Å². The molecule has 1 aromatic rings. The van der Waals surface area contributed by atoms with Gasteiger partial charge in [0.05, 0.1) is 11.6 Å². The standard InChI is InChI=1S/C16H19BrN2O2/c17-13-7-3-4-8-14(13)18-16(21)11-9-15(20)19(10-11)12-5-1-2-6-12/h3-4,7-8,11-12H,1-2,5-6,9-10H2,(H,18,21)/t11-/m1/s1. The summed E-state index contributed by atoms with van der Waals surface area (Å²) in [6.07, 6.45) is 4.91. The highest BCUT2D eigenvalue weighted by Gasteiger charge is 2.38. The van der Waals surface area contributed by atoms with Gasteiger partial charge in [-0.05, 0) is 40.9 Å². The molecule has 3 rings (SSSR count). The molecule has 1 aliphatic heterocycles. The molecule has 0 unspecified atom stereocenters. The fourth-order valence-electron chi connectivity index (χ4n) is 3.27. The smallest absolute Gasteiger partial charge is 0.229 e. The van der Waals surface area contributed by atoms with Crippen LogP contribution in [0.5, 0.6) is 0 Å². The van der Waals surface area contributed by atoms with Gasteiger partial charge in [-0.15, -0.1) is 0 Å². The molecule has 1 saturated carbocycles. The maximum atomic E-state index is 12.4. The van der Waals surface area contributed by atoms with E-state index in [4.69, 9.17) is 0 Å². The third-order valence-corrected chi connectivity index (χ3v) is 5.12. The van der Waals surface area contributed by atoms with Crippen LogP contribution in [0.2, 0.25) is 0 Å². The maximum absolute atomic E-state index is 12.4. The highest BCUT2D eigenvalue weighted by atomic mass is 79.9. The number of likely N-dealkylation sites (tertiary alicyclic amines) is 1. The summed E-state index contributed by atoms with van der Waals surface area (Å²) in [5, 5.41) is 2.92. The van der Waals surface area contributed by atoms with Crippen LogP contribution in [0.4, 0.5) is 5.69 Å². The van der Waals surface area contributed by atoms with E-state index >= 15 is 0 Å². The van der Waals surface area contributed by atoms with Gasteiger partial charge in [-0.25, -0.2) is 0 Å². The number of rotatable bonds is 3. The highest BCUT2D eigenvalue weighted by Crippen LogP contribution is 2.30. The summed E-state index contributed by atoms with van der Waals surface area (Å²) < 4.78 is 0.857. The number of amides is 2. The molecule has 2 aliphatic rings. The molecule has 1 heterocycles. The van der Waals surface area contributed by atoms with E-state index in [9.17, 15) is 9.59 Å². The van der Waals surface area contributed by atoms with E-state index in [1.54, 1.807) is 0 Å². The minimum absolute atomic E-state index is 0.0595. The number of carbonyl (C=O) groups excluding carboxylic acids is 2. The van der Waals surface area contributed by atoms with E-state index in [1.165, 1.54) is 12.8 Å². The van der Waals surface area contributed by atoms with E-state index in [0.717, 1.165) is 23.0 Å². The van der Waals surface area contributed by atoms with Gasteiger partial charge in [-0.2, -0.15) is 0 Å². The van der Waals surface area contributed by atoms with Crippen LogP contribution in [-0.2, 0) is 9.59 Å². The first-order valence-electron chi connectivity index (χ1n) is 7.50. The van der Waals surface area contributed by atoms with Crippen molar-refractivity contribution < 1.29 is 9.59 Å². The Bertz CT molecular complexity index is 555. The average Bonchev–Trinajstić information content (AvgIpc) is 3.10. The van der Waals surface area contributed by atoms with Gasteiger partial charge in [0.2, 0.25) is 11.8 Å². The molecule has 1 saturated heterocycles. The van der Waals surface area contributed by atoms with Gasteiger partial charge < -0.3 is 10.2 Å². The van der Waals surface area contributed by atoms with Crippen LogP contribution in [0.15, 0.2) is 28.7 Å². The second-order valence-corrected chi connectivity index (χ2v) is 6.71. The number of benzene rings is 1. The van der Waals surface area contributed by atoms with Crippen LogP contribution in [-0.4, -0.2) is 29.3 Å². The van der Waals surface area contributed by atoms with E-state index in [-0.39, 0.29) is 17.7 Å². The predicted octanol–water partition coefficient (Wildman–Crippen LogP) is 3.18. The van der Waals surface area contributed by atoms with Crippen molar-refractivity contribution in [1.29, 1.82) is 0 Å². The van der Waals surface area contributed by atoms with Crippen molar-refractivity contribution in [1.82, 2.24) is 4.90 Å². The van der Waals surface area contributed by atoms with Crippen LogP contribution in [0, 0.1) is 5.92 Å². The summed E-state index contributed by atoms with van der Waals surface area (Å²) in [7, 11) is 0. The van der Waals surface area contributed by atoms with Gasteiger partial charge in [-0.3, -0.25) is 9.59 Å². The third-order valence-electron chi connectivity index (χ3n) is 4.43. The number of nitrogens with zero attached hydrogens (tertiary/aromatic N) is 1. The fraction of sp³-hybridized carbons (Fsp3) is 0.500. The number of carbonyl (C=O) groups is 2. The Labute approximate surface area is 133 Å². The third kappa shape index (κ3) is 3.12. The molecule has 1 atom stereocenters. The predicted molar refractivity (Wildman–Crippen MR) is 84.8 cm³/mol. The Morgan fingerprint density at radius 1 is 1.24 bits per heavy atom. The van der Waals surface area contributed by atoms with E-state index in [0.29, 0.717) is 19.0 Å². The molecular weight excluding hydrogens is 332 g/mol. The lowest BCUT2D eigenvalue weighted by atomic mass is 10.1. The van der Waals surface area contributed by atoms with Crippen LogP contribution in [0.1, 0.15) is 32.1 Å². The maximum Gasteiger partial charge on any atom is 0.229 e. The van der Waals surface area contributed by atoms with Crippen LogP contribution < -0.4 is 5.32 Å². The molecule has 1 aliphatic carbocycles. The zero-order valence-electron chi connectivity index (χ0n) is 11.8. The lowest BCUT2D eigenvalue weighted by Gasteiger charge is -2.23. The van der Waals surface area contributed by atoms with Crippen molar-refractivity contribution in [3.8, 4) is 0 Å². The molecule has 5 heteroatoms. The van der Waals surface area contributed by atoms with Crippen molar-refractivity contribution in [2.45, 2.75) is 38.1 Å². The topological polar surface area (TPSA) is 49.4 Å². The van der Waals surface area contributed by atoms with E-state index < -0.39 is 0 Å². The summed E-state index contributed by atoms with van der Waals surface area (Å²) in [6.45, 7) is 0.569. The molecule has 21 heavy (non-hydrogen) atoms. The fourth-order valence-corrected chi connectivity index (χ4v) is 3.66. The molecule has 1 aromatic carbocycles. The summed E-state index contributed by atoms with van der Waals surface area (Å²) in [4.78, 5) is 26.4. The van der Waals surface area contributed by atoms with Crippen molar-refractivity contribution in [3.63, 3.8) is 0 Å². The number of hydrogen-bond acceptors (Lipinski definition) is 2. The van der Waals surface area contributed by atoms with Crippen LogP contribution >= 0.6 is 15.9 Å². The minimum atomic E-state index is -0.231. The van der Waals surface area contributed by atoms with Crippen molar-refractivity contribution in [2.24, 2.45) is 5.92 Å². The SMILES string of the molecule is O=C(Nc1ccccc1Br)[C@@H]1CC(=O)N(C2CCCC2)C1. The van der Waals surface area contributed by atoms with Gasteiger partial charge >= 0.3 is 0 Å². The highest BCUT2D eigenvalue weighted by molar-refractivity contribution is 9.10. The lowest BCUT2D eigenvalue weighted by molar-refractivity contribution is -0.129. The molecule has 0 radical (unpaired) electrons. The summed E-state index contributed by atoms with van der Waals surface area (Å²) in [6, 6.07) is 7.89. The van der Waals surface area contributed by atoms with E-state index in [1.807, 2.05) is 29.2 Å². The molecule has 1 N–H and O–H groups in total. The van der Waals surface area contributed by atoms with Gasteiger partial charge in [0.15, 0.2) is 0 Å². The monoisotopic (exact) mass is 350 g/mol. The Hall–Kier alpha value is -1.36. The summed E-state index contributed by atoms with van der Waals surface area (Å²) >= 11 is 3.42. The molecule has 2 amide bonds. The van der Waals surface area contributed by atoms with Gasteiger partial charge in [-0.1, -0.05) is 25.0 Å². The second kappa shape index (κ2) is 6.18. The number of nitrogens with one attached hydrogen (secondary N) is 1. The number of anilines is 1. The Balaban J connectivity index is 1.64. The molecule has 4 nitrogen and oxygen atoms in total. The first-order valence-corrected chi connectivity index (χ1v) is 8.29. The Kier molecular flexibility index (Phi) is 4.29. The molecular formula is C16H19BrN2O2. The normalized spacial score (nSPS) is 22.8. The Morgan fingerprint density at radius 3 is 2.67 bits per heavy atom. The summed E-state index contributed by atoms with van der Waals surface area (Å²) in [5.74, 6) is -0.157.